The highest BCUT2D eigenvalue weighted by atomic mass is 16.4. The van der Waals surface area contributed by atoms with E-state index in [2.05, 4.69) is 13.0 Å². The van der Waals surface area contributed by atoms with Crippen molar-refractivity contribution in [1.29, 1.82) is 0 Å². The quantitative estimate of drug-likeness (QED) is 0.374. The Morgan fingerprint density at radius 2 is 1.44 bits per heavy atom. The van der Waals surface area contributed by atoms with Gasteiger partial charge < -0.3 is 20.4 Å². The molecular formula is C28H44O6. The number of aryl methyl sites for hydroxylation is 1. The molecule has 0 heterocycles. The fourth-order valence-corrected chi connectivity index (χ4v) is 5.54. The minimum absolute atomic E-state index is 0.0883. The van der Waals surface area contributed by atoms with Crippen molar-refractivity contribution < 1.29 is 30.0 Å². The number of carbonyl (C=O) groups is 2. The Bertz CT molecular complexity index is 854. The van der Waals surface area contributed by atoms with Crippen LogP contribution < -0.4 is 0 Å². The Morgan fingerprint density at radius 1 is 0.912 bits per heavy atom. The van der Waals surface area contributed by atoms with E-state index in [9.17, 15) is 19.8 Å². The summed E-state index contributed by atoms with van der Waals surface area (Å²) in [5, 5.41) is 36.5. The smallest absolute Gasteiger partial charge is 0.308 e. The monoisotopic (exact) mass is 476 g/mol. The molecule has 0 aromatic heterocycles. The molecule has 0 amide bonds. The molecule has 2 fully saturated rings. The summed E-state index contributed by atoms with van der Waals surface area (Å²) < 4.78 is 0. The van der Waals surface area contributed by atoms with E-state index in [4.69, 9.17) is 10.2 Å². The first-order valence-electron chi connectivity index (χ1n) is 12.4. The Balaban J connectivity index is 0.000000244. The van der Waals surface area contributed by atoms with E-state index < -0.39 is 22.8 Å². The van der Waals surface area contributed by atoms with Crippen molar-refractivity contribution in [1.82, 2.24) is 0 Å². The maximum absolute atomic E-state index is 10.4. The van der Waals surface area contributed by atoms with Gasteiger partial charge in [-0.05, 0) is 126 Å². The first-order valence-corrected chi connectivity index (χ1v) is 12.4. The summed E-state index contributed by atoms with van der Waals surface area (Å²) >= 11 is 0. The van der Waals surface area contributed by atoms with Gasteiger partial charge in [-0.1, -0.05) is 13.0 Å². The van der Waals surface area contributed by atoms with Gasteiger partial charge in [0.05, 0.1) is 16.9 Å². The van der Waals surface area contributed by atoms with Crippen LogP contribution in [-0.2, 0) is 16.0 Å². The van der Waals surface area contributed by atoms with Crippen LogP contribution in [0.4, 0.5) is 0 Å². The van der Waals surface area contributed by atoms with Crippen LogP contribution in [-0.4, -0.2) is 38.5 Å². The lowest BCUT2D eigenvalue weighted by Crippen LogP contribution is -2.43. The molecule has 2 saturated carbocycles. The number of carboxylic acid groups (broad SMARTS) is 2. The molecule has 5 atom stereocenters. The van der Waals surface area contributed by atoms with Crippen LogP contribution in [0.15, 0.2) is 18.2 Å². The van der Waals surface area contributed by atoms with Gasteiger partial charge in [0.25, 0.3) is 0 Å². The predicted molar refractivity (Wildman–Crippen MR) is 133 cm³/mol. The van der Waals surface area contributed by atoms with Crippen molar-refractivity contribution in [3.05, 3.63) is 29.3 Å². The molecular weight excluding hydrogens is 432 g/mol. The fraction of sp³-hybridized carbons (Fsp3) is 0.714. The molecule has 4 rings (SSSR count). The van der Waals surface area contributed by atoms with E-state index in [0.29, 0.717) is 17.6 Å². The third kappa shape index (κ3) is 6.32. The molecule has 0 radical (unpaired) electrons. The molecule has 34 heavy (non-hydrogen) atoms. The fourth-order valence-electron chi connectivity index (χ4n) is 5.54. The first-order chi connectivity index (χ1) is 15.5. The summed E-state index contributed by atoms with van der Waals surface area (Å²) in [6.07, 6.45) is 6.78. The Morgan fingerprint density at radius 3 is 1.94 bits per heavy atom. The van der Waals surface area contributed by atoms with Gasteiger partial charge in [0.2, 0.25) is 0 Å². The minimum atomic E-state index is -0.757. The highest BCUT2D eigenvalue weighted by Gasteiger charge is 2.54. The number of benzene rings is 1. The molecule has 1 aromatic rings. The number of fused-ring (bicyclic) bond motifs is 5. The van der Waals surface area contributed by atoms with E-state index >= 15 is 0 Å². The molecule has 0 saturated heterocycles. The normalized spacial score (nSPS) is 29.8. The van der Waals surface area contributed by atoms with Crippen molar-refractivity contribution in [2.45, 2.75) is 99.0 Å². The number of aliphatic hydroxyl groups excluding tert-OH is 1. The average Bonchev–Trinajstić information content (AvgIpc) is 3.02. The first kappa shape index (κ1) is 28.2. The molecule has 3 aliphatic carbocycles. The van der Waals surface area contributed by atoms with Gasteiger partial charge >= 0.3 is 11.9 Å². The van der Waals surface area contributed by atoms with Gasteiger partial charge in [-0.3, -0.25) is 9.59 Å². The Labute approximate surface area is 204 Å². The number of carboxylic acids is 2. The van der Waals surface area contributed by atoms with Crippen LogP contribution in [0.25, 0.3) is 0 Å². The number of aromatic hydroxyl groups is 1. The van der Waals surface area contributed by atoms with Crippen LogP contribution in [0, 0.1) is 28.1 Å². The number of rotatable bonds is 0. The van der Waals surface area contributed by atoms with Gasteiger partial charge in [-0.15, -0.1) is 0 Å². The topological polar surface area (TPSA) is 115 Å². The number of aliphatic carboxylic acids is 2. The number of hydrogen-bond acceptors (Lipinski definition) is 4. The lowest BCUT2D eigenvalue weighted by molar-refractivity contribution is -0.146. The maximum Gasteiger partial charge on any atom is 0.308 e. The maximum atomic E-state index is 10.4. The lowest BCUT2D eigenvalue weighted by atomic mass is 9.55. The summed E-state index contributed by atoms with van der Waals surface area (Å²) in [5.41, 5.74) is 1.83. The van der Waals surface area contributed by atoms with Crippen LogP contribution in [0.1, 0.15) is 97.6 Å². The van der Waals surface area contributed by atoms with Crippen LogP contribution in [0.5, 0.6) is 5.75 Å². The number of aliphatic hydroxyl groups is 1. The minimum Gasteiger partial charge on any atom is -0.508 e. The van der Waals surface area contributed by atoms with Gasteiger partial charge in [-0.2, -0.15) is 0 Å². The molecule has 0 unspecified atom stereocenters. The summed E-state index contributed by atoms with van der Waals surface area (Å²) in [6, 6.07) is 5.96. The van der Waals surface area contributed by atoms with Crippen LogP contribution >= 0.6 is 0 Å². The van der Waals surface area contributed by atoms with Gasteiger partial charge in [0.15, 0.2) is 0 Å². The van der Waals surface area contributed by atoms with Gasteiger partial charge in [0, 0.05) is 0 Å². The van der Waals surface area contributed by atoms with E-state index in [1.54, 1.807) is 41.5 Å². The summed E-state index contributed by atoms with van der Waals surface area (Å²) in [6.45, 7) is 12.3. The zero-order valence-electron chi connectivity index (χ0n) is 21.9. The third-order valence-electron chi connectivity index (χ3n) is 7.94. The molecule has 0 aliphatic heterocycles. The van der Waals surface area contributed by atoms with Gasteiger partial charge in [0.1, 0.15) is 5.75 Å². The van der Waals surface area contributed by atoms with Crippen molar-refractivity contribution in [2.75, 3.05) is 0 Å². The summed E-state index contributed by atoms with van der Waals surface area (Å²) in [5.74, 6) is 0.975. The van der Waals surface area contributed by atoms with E-state index in [1.807, 2.05) is 12.1 Å². The SMILES string of the molecule is CC(C)(C)C(=O)O.CC(C)(C)C(=O)O.C[C@]12CC[C@@H]3c4ccc(O)cc4CC[C@H]3[C@@H]1CC[C@@H]2O. The van der Waals surface area contributed by atoms with Crippen molar-refractivity contribution >= 4 is 11.9 Å². The number of phenolic OH excluding ortho intramolecular Hbond substituents is 1. The average molecular weight is 477 g/mol. The van der Waals surface area contributed by atoms with Crippen molar-refractivity contribution in [3.8, 4) is 5.75 Å². The molecule has 6 nitrogen and oxygen atoms in total. The Kier molecular flexibility index (Phi) is 8.50. The second-order valence-corrected chi connectivity index (χ2v) is 12.5. The van der Waals surface area contributed by atoms with E-state index in [-0.39, 0.29) is 11.5 Å². The molecule has 6 heteroatoms. The second kappa shape index (κ2) is 10.3. The number of hydrogen-bond donors (Lipinski definition) is 4. The van der Waals surface area contributed by atoms with Crippen molar-refractivity contribution in [3.63, 3.8) is 0 Å². The zero-order valence-corrected chi connectivity index (χ0v) is 21.9. The van der Waals surface area contributed by atoms with Crippen LogP contribution in [0.2, 0.25) is 0 Å². The Hall–Kier alpha value is -2.08. The lowest BCUT2D eigenvalue weighted by Gasteiger charge is -2.50. The molecule has 1 aromatic carbocycles. The largest absolute Gasteiger partial charge is 0.508 e. The second-order valence-electron chi connectivity index (χ2n) is 12.5. The van der Waals surface area contributed by atoms with Crippen molar-refractivity contribution in [2.24, 2.45) is 28.1 Å². The number of phenols is 1. The highest BCUT2D eigenvalue weighted by molar-refractivity contribution is 5.73. The molecule has 3 aliphatic rings. The van der Waals surface area contributed by atoms with E-state index in [0.717, 1.165) is 25.2 Å². The standard InChI is InChI=1S/C18H24O2.2C5H10O2/c1-18-9-8-14-13-5-3-12(19)10-11(13)2-4-15(14)16(18)6-7-17(18)20;2*1-5(2,3)4(6)7/h3,5,10,14-17,19-20H,2,4,6-9H2,1H3;2*1-3H3,(H,6,7)/t14-,15-,16+,17+,18+;;/m1../s1. The zero-order chi connectivity index (χ0) is 26.1. The van der Waals surface area contributed by atoms with E-state index in [1.165, 1.54) is 30.4 Å². The molecule has 192 valence electrons. The third-order valence-corrected chi connectivity index (χ3v) is 7.94. The van der Waals surface area contributed by atoms with Gasteiger partial charge in [-0.25, -0.2) is 0 Å². The summed E-state index contributed by atoms with van der Waals surface area (Å²) in [7, 11) is 0. The van der Waals surface area contributed by atoms with Crippen LogP contribution in [0.3, 0.4) is 0 Å². The molecule has 0 bridgehead atoms. The molecule has 4 N–H and O–H groups in total. The predicted octanol–water partition coefficient (Wildman–Crippen LogP) is 5.84. The summed E-state index contributed by atoms with van der Waals surface area (Å²) in [4.78, 5) is 20.0. The highest BCUT2D eigenvalue weighted by Crippen LogP contribution is 2.60. The molecule has 0 spiro atoms.